The topological polar surface area (TPSA) is 84.4 Å². The molecular formula is C21H23N7O. The van der Waals surface area contributed by atoms with E-state index in [-0.39, 0.29) is 5.92 Å². The molecule has 1 aliphatic heterocycles. The van der Waals surface area contributed by atoms with Gasteiger partial charge in [0.05, 0.1) is 5.69 Å². The zero-order chi connectivity index (χ0) is 19.8. The molecule has 1 N–H and O–H groups in total. The summed E-state index contributed by atoms with van der Waals surface area (Å²) in [5.74, 6) is 2.50. The molecule has 1 unspecified atom stereocenters. The number of hydrogen-bond donors (Lipinski definition) is 1. The third-order valence-corrected chi connectivity index (χ3v) is 5.74. The fourth-order valence-electron chi connectivity index (χ4n) is 4.10. The summed E-state index contributed by atoms with van der Waals surface area (Å²) in [5, 5.41) is 15.1. The van der Waals surface area contributed by atoms with E-state index < -0.39 is 6.10 Å². The van der Waals surface area contributed by atoms with Gasteiger partial charge in [0, 0.05) is 44.2 Å². The largest absolute Gasteiger partial charge is 0.385 e. The first-order valence-corrected chi connectivity index (χ1v) is 9.87. The van der Waals surface area contributed by atoms with Crippen LogP contribution in [0.1, 0.15) is 24.8 Å². The summed E-state index contributed by atoms with van der Waals surface area (Å²) in [5.41, 5.74) is 1.94. The van der Waals surface area contributed by atoms with Crippen molar-refractivity contribution in [2.24, 2.45) is 13.0 Å². The van der Waals surface area contributed by atoms with Gasteiger partial charge in [-0.3, -0.25) is 0 Å². The van der Waals surface area contributed by atoms with E-state index >= 15 is 0 Å². The lowest BCUT2D eigenvalue weighted by atomic mass is 9.90. The van der Waals surface area contributed by atoms with Crippen molar-refractivity contribution >= 4 is 11.6 Å². The Kier molecular flexibility index (Phi) is 4.48. The first-order valence-electron chi connectivity index (χ1n) is 9.87. The normalized spacial score (nSPS) is 16.4. The number of nitrogens with zero attached hydrogens (tertiary/aromatic N) is 7. The Labute approximate surface area is 168 Å². The van der Waals surface area contributed by atoms with Gasteiger partial charge in [0.1, 0.15) is 24.1 Å². The summed E-state index contributed by atoms with van der Waals surface area (Å²) < 4.78 is 3.69. The van der Waals surface area contributed by atoms with Crippen molar-refractivity contribution in [3.8, 4) is 11.3 Å². The van der Waals surface area contributed by atoms with Crippen LogP contribution in [0.25, 0.3) is 17.0 Å². The van der Waals surface area contributed by atoms with E-state index in [1.165, 1.54) is 6.33 Å². The number of piperidine rings is 1. The van der Waals surface area contributed by atoms with Crippen LogP contribution >= 0.6 is 0 Å². The monoisotopic (exact) mass is 389 g/mol. The second-order valence-electron chi connectivity index (χ2n) is 7.50. The summed E-state index contributed by atoms with van der Waals surface area (Å²) >= 11 is 0. The molecule has 1 atom stereocenters. The average Bonchev–Trinajstić information content (AvgIpc) is 3.42. The van der Waals surface area contributed by atoms with E-state index in [2.05, 4.69) is 43.1 Å². The smallest absolute Gasteiger partial charge is 0.254 e. The predicted molar refractivity (Wildman–Crippen MR) is 109 cm³/mol. The summed E-state index contributed by atoms with van der Waals surface area (Å²) in [6, 6.07) is 12.2. The molecule has 3 aromatic heterocycles. The minimum absolute atomic E-state index is 0.189. The van der Waals surface area contributed by atoms with Gasteiger partial charge in [-0.15, -0.1) is 0 Å². The molecule has 0 aliphatic carbocycles. The van der Waals surface area contributed by atoms with Gasteiger partial charge in [-0.05, 0) is 18.8 Å². The Hall–Kier alpha value is -3.26. The third-order valence-electron chi connectivity index (χ3n) is 5.74. The molecule has 29 heavy (non-hydrogen) atoms. The lowest BCUT2D eigenvalue weighted by Crippen LogP contribution is -2.37. The predicted octanol–water partition coefficient (Wildman–Crippen LogP) is 2.47. The molecule has 0 bridgehead atoms. The SMILES string of the molecule is Cn1ccnc1C(O)C1CCN(c2cc(-c3ccccc3)nc3ncnn23)CC1. The highest BCUT2D eigenvalue weighted by Crippen LogP contribution is 2.32. The highest BCUT2D eigenvalue weighted by molar-refractivity contribution is 5.65. The molecule has 1 aromatic carbocycles. The van der Waals surface area contributed by atoms with Crippen molar-refractivity contribution < 1.29 is 5.11 Å². The quantitative estimate of drug-likeness (QED) is 0.577. The first-order chi connectivity index (χ1) is 14.2. The van der Waals surface area contributed by atoms with E-state index in [9.17, 15) is 5.11 Å². The maximum Gasteiger partial charge on any atom is 0.254 e. The number of benzene rings is 1. The van der Waals surface area contributed by atoms with Gasteiger partial charge in [0.15, 0.2) is 0 Å². The minimum atomic E-state index is -0.541. The standard InChI is InChI=1S/C21H23N7O/c1-26-12-9-22-20(26)19(29)16-7-10-27(11-8-16)18-13-17(15-5-3-2-4-6-15)25-21-23-14-24-28(18)21/h2-6,9,12-14,16,19,29H,7-8,10-11H2,1H3. The van der Waals surface area contributed by atoms with Gasteiger partial charge in [0.25, 0.3) is 5.78 Å². The zero-order valence-electron chi connectivity index (χ0n) is 16.3. The summed E-state index contributed by atoms with van der Waals surface area (Å²) in [6.07, 6.45) is 6.37. The van der Waals surface area contributed by atoms with Crippen molar-refractivity contribution in [1.29, 1.82) is 0 Å². The number of rotatable bonds is 4. The van der Waals surface area contributed by atoms with E-state index in [0.29, 0.717) is 5.78 Å². The summed E-state index contributed by atoms with van der Waals surface area (Å²) in [6.45, 7) is 1.67. The molecular weight excluding hydrogens is 366 g/mol. The number of anilines is 1. The number of aryl methyl sites for hydroxylation is 1. The van der Waals surface area contributed by atoms with Crippen LogP contribution in [-0.4, -0.2) is 47.3 Å². The maximum absolute atomic E-state index is 10.8. The van der Waals surface area contributed by atoms with E-state index in [4.69, 9.17) is 0 Å². The van der Waals surface area contributed by atoms with Gasteiger partial charge in [-0.2, -0.15) is 14.6 Å². The highest BCUT2D eigenvalue weighted by atomic mass is 16.3. The van der Waals surface area contributed by atoms with Crippen molar-refractivity contribution in [1.82, 2.24) is 29.1 Å². The number of fused-ring (bicyclic) bond motifs is 1. The number of aromatic nitrogens is 6. The van der Waals surface area contributed by atoms with E-state index in [1.54, 1.807) is 10.7 Å². The number of aliphatic hydroxyl groups excluding tert-OH is 1. The molecule has 8 nitrogen and oxygen atoms in total. The van der Waals surface area contributed by atoms with Crippen molar-refractivity contribution in [3.05, 3.63) is 60.9 Å². The van der Waals surface area contributed by atoms with Crippen LogP contribution in [0.15, 0.2) is 55.1 Å². The molecule has 148 valence electrons. The zero-order valence-corrected chi connectivity index (χ0v) is 16.3. The fraction of sp³-hybridized carbons (Fsp3) is 0.333. The van der Waals surface area contributed by atoms with Gasteiger partial charge in [-0.25, -0.2) is 9.97 Å². The lowest BCUT2D eigenvalue weighted by molar-refractivity contribution is 0.0823. The molecule has 0 saturated carbocycles. The number of aliphatic hydroxyl groups is 1. The van der Waals surface area contributed by atoms with Crippen LogP contribution in [0.5, 0.6) is 0 Å². The molecule has 0 spiro atoms. The molecule has 4 aromatic rings. The molecule has 4 heterocycles. The Morgan fingerprint density at radius 3 is 2.62 bits per heavy atom. The Bertz CT molecular complexity index is 1110. The van der Waals surface area contributed by atoms with Crippen molar-refractivity contribution in [3.63, 3.8) is 0 Å². The molecule has 1 saturated heterocycles. The molecule has 1 fully saturated rings. The van der Waals surface area contributed by atoms with E-state index in [0.717, 1.165) is 48.8 Å². The lowest BCUT2D eigenvalue weighted by Gasteiger charge is -2.35. The highest BCUT2D eigenvalue weighted by Gasteiger charge is 2.29. The van der Waals surface area contributed by atoms with Crippen LogP contribution < -0.4 is 4.90 Å². The summed E-state index contributed by atoms with van der Waals surface area (Å²) in [4.78, 5) is 15.6. The van der Waals surface area contributed by atoms with Gasteiger partial charge in [0.2, 0.25) is 0 Å². The van der Waals surface area contributed by atoms with Crippen LogP contribution in [0.2, 0.25) is 0 Å². The molecule has 8 heteroatoms. The van der Waals surface area contributed by atoms with Crippen LogP contribution in [0.4, 0.5) is 5.82 Å². The summed E-state index contributed by atoms with van der Waals surface area (Å²) in [7, 11) is 1.92. The van der Waals surface area contributed by atoms with Gasteiger partial charge in [-0.1, -0.05) is 30.3 Å². The molecule has 5 rings (SSSR count). The Morgan fingerprint density at radius 2 is 1.90 bits per heavy atom. The van der Waals surface area contributed by atoms with Gasteiger partial charge < -0.3 is 14.6 Å². The molecule has 1 aliphatic rings. The Morgan fingerprint density at radius 1 is 1.10 bits per heavy atom. The minimum Gasteiger partial charge on any atom is -0.385 e. The maximum atomic E-state index is 10.8. The average molecular weight is 389 g/mol. The number of imidazole rings is 1. The van der Waals surface area contributed by atoms with Crippen molar-refractivity contribution in [2.75, 3.05) is 18.0 Å². The molecule has 0 amide bonds. The van der Waals surface area contributed by atoms with Gasteiger partial charge >= 0.3 is 0 Å². The fourth-order valence-corrected chi connectivity index (χ4v) is 4.10. The van der Waals surface area contributed by atoms with Crippen LogP contribution in [-0.2, 0) is 7.05 Å². The van der Waals surface area contributed by atoms with E-state index in [1.807, 2.05) is 36.0 Å². The molecule has 0 radical (unpaired) electrons. The van der Waals surface area contributed by atoms with Crippen LogP contribution in [0.3, 0.4) is 0 Å². The number of hydrogen-bond acceptors (Lipinski definition) is 6. The first kappa shape index (κ1) is 17.8. The third kappa shape index (κ3) is 3.25. The van der Waals surface area contributed by atoms with Crippen molar-refractivity contribution in [2.45, 2.75) is 18.9 Å². The van der Waals surface area contributed by atoms with Crippen LogP contribution in [0, 0.1) is 5.92 Å². The Balaban J connectivity index is 1.41. The second-order valence-corrected chi connectivity index (χ2v) is 7.50. The second kappa shape index (κ2) is 7.29.